The number of hydrogen-bond donors (Lipinski definition) is 0. The first-order chi connectivity index (χ1) is 11.7. The maximum absolute atomic E-state index is 12.2. The lowest BCUT2D eigenvalue weighted by Gasteiger charge is -2.26. The number of amidine groups is 1. The molecule has 0 spiro atoms. The number of aliphatic imine (C=N–C) groups is 1. The van der Waals surface area contributed by atoms with E-state index in [1.165, 1.54) is 11.8 Å². The summed E-state index contributed by atoms with van der Waals surface area (Å²) < 4.78 is 24.2. The number of amides is 1. The minimum atomic E-state index is -3.04. The molecule has 0 radical (unpaired) electrons. The van der Waals surface area contributed by atoms with Crippen molar-refractivity contribution in [2.75, 3.05) is 16.4 Å². The molecule has 1 aromatic rings. The number of anilines is 1. The van der Waals surface area contributed by atoms with E-state index in [1.54, 1.807) is 0 Å². The Morgan fingerprint density at radius 3 is 2.72 bits per heavy atom. The van der Waals surface area contributed by atoms with Gasteiger partial charge < -0.3 is 4.90 Å². The third-order valence-electron chi connectivity index (χ3n) is 4.49. The van der Waals surface area contributed by atoms with Crippen LogP contribution in [-0.2, 0) is 14.6 Å². The summed E-state index contributed by atoms with van der Waals surface area (Å²) in [5.74, 6) is 0.379. The summed E-state index contributed by atoms with van der Waals surface area (Å²) in [6.07, 6.45) is 0.401. The van der Waals surface area contributed by atoms with Crippen molar-refractivity contribution >= 4 is 38.4 Å². The summed E-state index contributed by atoms with van der Waals surface area (Å²) in [6.45, 7) is 7.99. The molecular weight excluding hydrogens is 356 g/mol. The second-order valence-corrected chi connectivity index (χ2v) is 10.7. The van der Waals surface area contributed by atoms with Crippen molar-refractivity contribution in [2.45, 2.75) is 45.4 Å². The Balaban J connectivity index is 2.02. The van der Waals surface area contributed by atoms with Gasteiger partial charge in [-0.1, -0.05) is 37.7 Å². The minimum absolute atomic E-state index is 0.0597. The lowest BCUT2D eigenvalue weighted by Crippen LogP contribution is -2.38. The van der Waals surface area contributed by atoms with E-state index in [4.69, 9.17) is 0 Å². The third-order valence-corrected chi connectivity index (χ3v) is 7.70. The number of carbonyl (C=O) groups excluding carboxylic acids is 1. The lowest BCUT2D eigenvalue weighted by molar-refractivity contribution is -0.118. The predicted octanol–water partition coefficient (Wildman–Crippen LogP) is 2.95. The first-order valence-electron chi connectivity index (χ1n) is 8.51. The lowest BCUT2D eigenvalue weighted by atomic mass is 10.1. The van der Waals surface area contributed by atoms with Crippen molar-refractivity contribution < 1.29 is 13.2 Å². The number of carbonyl (C=O) groups is 1. The van der Waals surface area contributed by atoms with Gasteiger partial charge in [-0.3, -0.25) is 4.79 Å². The zero-order chi connectivity index (χ0) is 18.4. The molecule has 2 saturated heterocycles. The number of rotatable bonds is 3. The van der Waals surface area contributed by atoms with Crippen molar-refractivity contribution in [1.29, 1.82) is 0 Å². The quantitative estimate of drug-likeness (QED) is 0.806. The van der Waals surface area contributed by atoms with Crippen LogP contribution in [-0.4, -0.2) is 42.3 Å². The number of benzene rings is 1. The Hall–Kier alpha value is -1.34. The first kappa shape index (κ1) is 18.5. The van der Waals surface area contributed by atoms with E-state index >= 15 is 0 Å². The molecule has 3 rings (SSSR count). The van der Waals surface area contributed by atoms with Crippen molar-refractivity contribution in [2.24, 2.45) is 10.9 Å². The van der Waals surface area contributed by atoms with Gasteiger partial charge in [0.1, 0.15) is 0 Å². The molecule has 2 fully saturated rings. The van der Waals surface area contributed by atoms with E-state index in [-0.39, 0.29) is 34.6 Å². The van der Waals surface area contributed by atoms with Gasteiger partial charge in [0.25, 0.3) is 0 Å². The van der Waals surface area contributed by atoms with Crippen molar-refractivity contribution in [1.82, 2.24) is 0 Å². The van der Waals surface area contributed by atoms with Gasteiger partial charge in [0.2, 0.25) is 5.91 Å². The highest BCUT2D eigenvalue weighted by atomic mass is 32.2. The summed E-state index contributed by atoms with van der Waals surface area (Å²) in [4.78, 5) is 18.6. The van der Waals surface area contributed by atoms with E-state index in [2.05, 4.69) is 4.99 Å². The van der Waals surface area contributed by atoms with Crippen LogP contribution in [0.1, 0.15) is 31.4 Å². The number of hydrogen-bond acceptors (Lipinski definition) is 4. The number of sulfone groups is 1. The van der Waals surface area contributed by atoms with E-state index < -0.39 is 9.84 Å². The fourth-order valence-corrected chi connectivity index (χ4v) is 7.25. The van der Waals surface area contributed by atoms with Gasteiger partial charge in [-0.2, -0.15) is 4.99 Å². The molecule has 2 atom stereocenters. The van der Waals surface area contributed by atoms with Gasteiger partial charge in [-0.25, -0.2) is 8.42 Å². The molecular formula is C18H24N2O3S2. The van der Waals surface area contributed by atoms with Gasteiger partial charge in [0.05, 0.1) is 17.5 Å². The zero-order valence-electron chi connectivity index (χ0n) is 15.0. The number of aryl methyl sites for hydroxylation is 2. The van der Waals surface area contributed by atoms with Crippen molar-refractivity contribution in [3.63, 3.8) is 0 Å². The fourth-order valence-electron chi connectivity index (χ4n) is 3.33. The van der Waals surface area contributed by atoms with Crippen LogP contribution in [0.25, 0.3) is 0 Å². The Morgan fingerprint density at radius 1 is 1.32 bits per heavy atom. The van der Waals surface area contributed by atoms with Crippen LogP contribution < -0.4 is 4.90 Å². The van der Waals surface area contributed by atoms with Gasteiger partial charge in [-0.15, -0.1) is 0 Å². The van der Waals surface area contributed by atoms with Crippen LogP contribution in [0.2, 0.25) is 0 Å². The molecule has 2 aliphatic rings. The molecule has 2 heterocycles. The fraction of sp³-hybridized carbons (Fsp3) is 0.556. The highest BCUT2D eigenvalue weighted by molar-refractivity contribution is 8.16. The first-order valence-corrected chi connectivity index (χ1v) is 11.2. The average molecular weight is 381 g/mol. The Bertz CT molecular complexity index is 831. The molecule has 0 aromatic heterocycles. The van der Waals surface area contributed by atoms with Crippen LogP contribution in [0.15, 0.2) is 23.2 Å². The molecule has 136 valence electrons. The highest BCUT2D eigenvalue weighted by Gasteiger charge is 2.49. The van der Waals surface area contributed by atoms with E-state index in [0.717, 1.165) is 16.8 Å². The standard InChI is InChI=1S/C18H24N2O3S2/c1-11(2)7-17(21)19-18-20(14-8-12(3)5-6-13(14)4)15-9-25(22,23)10-16(15)24-18/h5-6,8,11,15-16H,7,9-10H2,1-4H3. The summed E-state index contributed by atoms with van der Waals surface area (Å²) in [7, 11) is -3.04. The van der Waals surface area contributed by atoms with E-state index in [9.17, 15) is 13.2 Å². The number of thioether (sulfide) groups is 1. The topological polar surface area (TPSA) is 66.8 Å². The molecule has 2 unspecified atom stereocenters. The SMILES string of the molecule is Cc1ccc(C)c(N2C(=NC(=O)CC(C)C)SC3CS(=O)(=O)CC32)c1. The van der Waals surface area contributed by atoms with Crippen LogP contribution in [0.5, 0.6) is 0 Å². The van der Waals surface area contributed by atoms with Crippen molar-refractivity contribution in [3.8, 4) is 0 Å². The number of nitrogens with zero attached hydrogens (tertiary/aromatic N) is 2. The largest absolute Gasteiger partial charge is 0.315 e. The van der Waals surface area contributed by atoms with E-state index in [1.807, 2.05) is 50.8 Å². The maximum atomic E-state index is 12.2. The van der Waals surface area contributed by atoms with Crippen LogP contribution >= 0.6 is 11.8 Å². The molecule has 0 bridgehead atoms. The molecule has 1 aromatic carbocycles. The summed E-state index contributed by atoms with van der Waals surface area (Å²) in [6, 6.07) is 5.96. The second-order valence-electron chi connectivity index (χ2n) is 7.35. The van der Waals surface area contributed by atoms with Crippen LogP contribution in [0.4, 0.5) is 5.69 Å². The monoisotopic (exact) mass is 380 g/mol. The Kier molecular flexibility index (Phi) is 4.99. The smallest absolute Gasteiger partial charge is 0.248 e. The maximum Gasteiger partial charge on any atom is 0.248 e. The normalized spacial score (nSPS) is 26.4. The van der Waals surface area contributed by atoms with E-state index in [0.29, 0.717) is 11.6 Å². The van der Waals surface area contributed by atoms with Crippen LogP contribution in [0.3, 0.4) is 0 Å². The molecule has 0 saturated carbocycles. The zero-order valence-corrected chi connectivity index (χ0v) is 16.7. The van der Waals surface area contributed by atoms with Gasteiger partial charge in [-0.05, 0) is 37.0 Å². The molecule has 0 N–H and O–H groups in total. The second kappa shape index (κ2) is 6.76. The molecule has 5 nitrogen and oxygen atoms in total. The summed E-state index contributed by atoms with van der Waals surface area (Å²) >= 11 is 1.43. The molecule has 0 aliphatic carbocycles. The average Bonchev–Trinajstić information content (AvgIpc) is 2.92. The highest BCUT2D eigenvalue weighted by Crippen LogP contribution is 2.42. The molecule has 7 heteroatoms. The summed E-state index contributed by atoms with van der Waals surface area (Å²) in [5.41, 5.74) is 3.11. The molecule has 25 heavy (non-hydrogen) atoms. The Labute approximate surface area is 153 Å². The number of fused-ring (bicyclic) bond motifs is 1. The predicted molar refractivity (Wildman–Crippen MR) is 104 cm³/mol. The summed E-state index contributed by atoms with van der Waals surface area (Å²) in [5, 5.41) is 0.583. The third kappa shape index (κ3) is 3.92. The van der Waals surface area contributed by atoms with Gasteiger partial charge in [0, 0.05) is 17.4 Å². The molecule has 2 aliphatic heterocycles. The van der Waals surface area contributed by atoms with Gasteiger partial charge >= 0.3 is 0 Å². The minimum Gasteiger partial charge on any atom is -0.315 e. The molecule has 1 amide bonds. The van der Waals surface area contributed by atoms with Crippen molar-refractivity contribution in [3.05, 3.63) is 29.3 Å². The van der Waals surface area contributed by atoms with Crippen LogP contribution in [0, 0.1) is 19.8 Å². The van der Waals surface area contributed by atoms with Gasteiger partial charge in [0.15, 0.2) is 15.0 Å². The Morgan fingerprint density at radius 2 is 2.04 bits per heavy atom.